The van der Waals surface area contributed by atoms with Crippen molar-refractivity contribution in [3.8, 4) is 11.3 Å². The standard InChI is InChI=1S/C17H16ClFN4O/c1-10-9-20-6-7-23(10)17-22-15-14(19)12(18)8-11(16(15)24-17)13-4-2-3-5-21-13/h2-5,8,10,20H,6-7,9H2,1H3. The van der Waals surface area contributed by atoms with E-state index in [1.54, 1.807) is 6.20 Å². The predicted molar refractivity (Wildman–Crippen MR) is 91.9 cm³/mol. The lowest BCUT2D eigenvalue weighted by molar-refractivity contribution is 0.456. The van der Waals surface area contributed by atoms with Crippen LogP contribution in [0, 0.1) is 5.82 Å². The molecule has 1 saturated heterocycles. The Morgan fingerprint density at radius 2 is 2.29 bits per heavy atom. The number of benzene rings is 1. The number of pyridine rings is 1. The molecule has 1 aliphatic heterocycles. The summed E-state index contributed by atoms with van der Waals surface area (Å²) in [5.74, 6) is -0.566. The maximum absolute atomic E-state index is 14.5. The Hall–Kier alpha value is -2.18. The lowest BCUT2D eigenvalue weighted by Crippen LogP contribution is -2.50. The first-order valence-corrected chi connectivity index (χ1v) is 8.20. The van der Waals surface area contributed by atoms with Crippen LogP contribution in [-0.2, 0) is 0 Å². The van der Waals surface area contributed by atoms with Crippen molar-refractivity contribution in [1.82, 2.24) is 15.3 Å². The van der Waals surface area contributed by atoms with Gasteiger partial charge in [0.1, 0.15) is 5.52 Å². The van der Waals surface area contributed by atoms with Gasteiger partial charge in [-0.2, -0.15) is 4.98 Å². The van der Waals surface area contributed by atoms with Crippen molar-refractivity contribution in [2.24, 2.45) is 0 Å². The molecule has 3 heterocycles. The summed E-state index contributed by atoms with van der Waals surface area (Å²) >= 11 is 6.06. The van der Waals surface area contributed by atoms with E-state index in [2.05, 4.69) is 22.2 Å². The summed E-state index contributed by atoms with van der Waals surface area (Å²) in [5, 5.41) is 3.32. The van der Waals surface area contributed by atoms with E-state index in [-0.39, 0.29) is 16.6 Å². The monoisotopic (exact) mass is 346 g/mol. The lowest BCUT2D eigenvalue weighted by Gasteiger charge is -2.32. The minimum Gasteiger partial charge on any atom is -0.423 e. The second-order valence-electron chi connectivity index (χ2n) is 5.86. The number of hydrogen-bond donors (Lipinski definition) is 1. The number of piperazine rings is 1. The minimum atomic E-state index is -0.566. The Kier molecular flexibility index (Phi) is 3.86. The van der Waals surface area contributed by atoms with Crippen LogP contribution in [0.1, 0.15) is 6.92 Å². The number of aromatic nitrogens is 2. The Bertz CT molecular complexity index is 883. The third kappa shape index (κ3) is 2.52. The van der Waals surface area contributed by atoms with E-state index >= 15 is 0 Å². The van der Waals surface area contributed by atoms with E-state index in [1.807, 2.05) is 23.1 Å². The quantitative estimate of drug-likeness (QED) is 0.770. The molecule has 124 valence electrons. The number of rotatable bonds is 2. The number of nitrogens with one attached hydrogen (secondary N) is 1. The smallest absolute Gasteiger partial charge is 0.298 e. The number of nitrogens with zero attached hydrogens (tertiary/aromatic N) is 3. The molecule has 1 aromatic carbocycles. The third-order valence-corrected chi connectivity index (χ3v) is 4.51. The van der Waals surface area contributed by atoms with E-state index < -0.39 is 5.82 Å². The Morgan fingerprint density at radius 1 is 1.42 bits per heavy atom. The van der Waals surface area contributed by atoms with Gasteiger partial charge in [0.05, 0.1) is 10.7 Å². The zero-order chi connectivity index (χ0) is 16.7. The molecule has 2 aromatic heterocycles. The summed E-state index contributed by atoms with van der Waals surface area (Å²) in [7, 11) is 0. The van der Waals surface area contributed by atoms with Gasteiger partial charge in [-0.25, -0.2) is 4.39 Å². The van der Waals surface area contributed by atoms with Crippen molar-refractivity contribution in [2.75, 3.05) is 24.5 Å². The van der Waals surface area contributed by atoms with Crippen LogP contribution < -0.4 is 10.2 Å². The molecule has 0 radical (unpaired) electrons. The number of halogens is 2. The van der Waals surface area contributed by atoms with Gasteiger partial charge in [-0.05, 0) is 25.1 Å². The first-order chi connectivity index (χ1) is 11.6. The molecule has 3 aromatic rings. The van der Waals surface area contributed by atoms with Crippen LogP contribution in [0.15, 0.2) is 34.9 Å². The van der Waals surface area contributed by atoms with Crippen LogP contribution in [0.5, 0.6) is 0 Å². The van der Waals surface area contributed by atoms with Gasteiger partial charge < -0.3 is 14.6 Å². The molecule has 0 saturated carbocycles. The molecule has 0 amide bonds. The molecule has 1 fully saturated rings. The molecule has 1 aliphatic rings. The highest BCUT2D eigenvalue weighted by molar-refractivity contribution is 6.32. The fourth-order valence-electron chi connectivity index (χ4n) is 2.97. The van der Waals surface area contributed by atoms with Crippen LogP contribution in [0.25, 0.3) is 22.4 Å². The molecule has 0 spiro atoms. The second-order valence-corrected chi connectivity index (χ2v) is 6.26. The van der Waals surface area contributed by atoms with Gasteiger partial charge in [-0.3, -0.25) is 4.98 Å². The van der Waals surface area contributed by atoms with Crippen molar-refractivity contribution in [1.29, 1.82) is 0 Å². The van der Waals surface area contributed by atoms with Crippen molar-refractivity contribution >= 4 is 28.7 Å². The second kappa shape index (κ2) is 6.03. The Balaban J connectivity index is 1.90. The zero-order valence-electron chi connectivity index (χ0n) is 13.1. The molecule has 7 heteroatoms. The fourth-order valence-corrected chi connectivity index (χ4v) is 3.17. The fraction of sp³-hybridized carbons (Fsp3) is 0.294. The largest absolute Gasteiger partial charge is 0.423 e. The van der Waals surface area contributed by atoms with Crippen LogP contribution in [0.2, 0.25) is 5.02 Å². The molecule has 5 nitrogen and oxygen atoms in total. The van der Waals surface area contributed by atoms with Crippen LogP contribution in [0.3, 0.4) is 0 Å². The number of oxazole rings is 1. The summed E-state index contributed by atoms with van der Waals surface area (Å²) in [6.45, 7) is 4.49. The molecule has 24 heavy (non-hydrogen) atoms. The van der Waals surface area contributed by atoms with Crippen molar-refractivity contribution < 1.29 is 8.81 Å². The minimum absolute atomic E-state index is 0.0105. The molecule has 1 unspecified atom stereocenters. The van der Waals surface area contributed by atoms with E-state index in [1.165, 1.54) is 6.07 Å². The molecule has 4 rings (SSSR count). The molecule has 1 N–H and O–H groups in total. The number of fused-ring (bicyclic) bond motifs is 1. The summed E-state index contributed by atoms with van der Waals surface area (Å²) in [6.07, 6.45) is 1.67. The summed E-state index contributed by atoms with van der Waals surface area (Å²) in [5.41, 5.74) is 1.82. The highest BCUT2D eigenvalue weighted by Crippen LogP contribution is 2.36. The molecule has 0 aliphatic carbocycles. The van der Waals surface area contributed by atoms with Crippen molar-refractivity contribution in [3.05, 3.63) is 41.3 Å². The van der Waals surface area contributed by atoms with Gasteiger partial charge in [0.2, 0.25) is 0 Å². The van der Waals surface area contributed by atoms with E-state index in [0.29, 0.717) is 22.9 Å². The average Bonchev–Trinajstić information content (AvgIpc) is 3.04. The first kappa shape index (κ1) is 15.4. The maximum atomic E-state index is 14.5. The summed E-state index contributed by atoms with van der Waals surface area (Å²) in [4.78, 5) is 10.7. The lowest BCUT2D eigenvalue weighted by atomic mass is 10.1. The van der Waals surface area contributed by atoms with Gasteiger partial charge in [-0.1, -0.05) is 17.7 Å². The average molecular weight is 347 g/mol. The molecular formula is C17H16ClFN4O. The van der Waals surface area contributed by atoms with Crippen LogP contribution in [0.4, 0.5) is 10.4 Å². The Morgan fingerprint density at radius 3 is 3.04 bits per heavy atom. The van der Waals surface area contributed by atoms with Gasteiger partial charge in [0.15, 0.2) is 11.4 Å². The highest BCUT2D eigenvalue weighted by atomic mass is 35.5. The maximum Gasteiger partial charge on any atom is 0.298 e. The Labute approximate surface area is 143 Å². The van der Waals surface area contributed by atoms with E-state index in [0.717, 1.165) is 19.6 Å². The van der Waals surface area contributed by atoms with Gasteiger partial charge >= 0.3 is 0 Å². The summed E-state index contributed by atoms with van der Waals surface area (Å²) < 4.78 is 20.4. The van der Waals surface area contributed by atoms with Gasteiger partial charge in [-0.15, -0.1) is 0 Å². The topological polar surface area (TPSA) is 54.2 Å². The number of anilines is 1. The summed E-state index contributed by atoms with van der Waals surface area (Å²) in [6, 6.07) is 7.68. The molecule has 1 atom stereocenters. The SMILES string of the molecule is CC1CNCCN1c1nc2c(F)c(Cl)cc(-c3ccccn3)c2o1. The normalized spacial score (nSPS) is 18.3. The van der Waals surface area contributed by atoms with Crippen LogP contribution >= 0.6 is 11.6 Å². The van der Waals surface area contributed by atoms with Gasteiger partial charge in [0, 0.05) is 37.4 Å². The highest BCUT2D eigenvalue weighted by Gasteiger charge is 2.26. The van der Waals surface area contributed by atoms with Crippen molar-refractivity contribution in [3.63, 3.8) is 0 Å². The van der Waals surface area contributed by atoms with E-state index in [9.17, 15) is 4.39 Å². The zero-order valence-corrected chi connectivity index (χ0v) is 13.8. The van der Waals surface area contributed by atoms with Crippen molar-refractivity contribution in [2.45, 2.75) is 13.0 Å². The van der Waals surface area contributed by atoms with Crippen LogP contribution in [-0.4, -0.2) is 35.6 Å². The number of hydrogen-bond acceptors (Lipinski definition) is 5. The van der Waals surface area contributed by atoms with E-state index in [4.69, 9.17) is 16.0 Å². The van der Waals surface area contributed by atoms with Gasteiger partial charge in [0.25, 0.3) is 6.01 Å². The predicted octanol–water partition coefficient (Wildman–Crippen LogP) is 3.48. The molecular weight excluding hydrogens is 331 g/mol. The first-order valence-electron chi connectivity index (χ1n) is 7.82. The third-order valence-electron chi connectivity index (χ3n) is 4.24. The molecule has 0 bridgehead atoms.